The Labute approximate surface area is 134 Å². The van der Waals surface area contributed by atoms with Gasteiger partial charge in [0.1, 0.15) is 5.82 Å². The first kappa shape index (κ1) is 16.6. The Kier molecular flexibility index (Phi) is 5.15. The molecule has 0 radical (unpaired) electrons. The van der Waals surface area contributed by atoms with E-state index in [1.54, 1.807) is 6.20 Å². The van der Waals surface area contributed by atoms with Crippen molar-refractivity contribution in [3.8, 4) is 0 Å². The van der Waals surface area contributed by atoms with E-state index in [1.165, 1.54) is 6.42 Å². The highest BCUT2D eigenvalue weighted by Crippen LogP contribution is 2.27. The van der Waals surface area contributed by atoms with Crippen molar-refractivity contribution in [1.82, 2.24) is 10.3 Å². The SMILES string of the molecule is CC1CC(C)CN(c2cc(CNC(C)(C)C)c(Cl)cn2)C1. The molecule has 2 atom stereocenters. The van der Waals surface area contributed by atoms with E-state index < -0.39 is 0 Å². The van der Waals surface area contributed by atoms with Gasteiger partial charge in [0, 0.05) is 31.4 Å². The Hall–Kier alpha value is -0.800. The number of nitrogens with zero attached hydrogens (tertiary/aromatic N) is 2. The van der Waals surface area contributed by atoms with E-state index in [0.29, 0.717) is 0 Å². The molecular weight excluding hydrogens is 282 g/mol. The van der Waals surface area contributed by atoms with Crippen LogP contribution >= 0.6 is 11.6 Å². The van der Waals surface area contributed by atoms with Gasteiger partial charge in [-0.2, -0.15) is 0 Å². The van der Waals surface area contributed by atoms with Crippen molar-refractivity contribution < 1.29 is 0 Å². The summed E-state index contributed by atoms with van der Waals surface area (Å²) in [4.78, 5) is 6.94. The largest absolute Gasteiger partial charge is 0.356 e. The maximum absolute atomic E-state index is 6.30. The van der Waals surface area contributed by atoms with Crippen LogP contribution in [0.4, 0.5) is 5.82 Å². The lowest BCUT2D eigenvalue weighted by Crippen LogP contribution is -2.39. The Balaban J connectivity index is 2.14. The molecule has 1 N–H and O–H groups in total. The summed E-state index contributed by atoms with van der Waals surface area (Å²) in [6, 6.07) is 2.14. The van der Waals surface area contributed by atoms with Crippen molar-refractivity contribution in [1.29, 1.82) is 0 Å². The van der Waals surface area contributed by atoms with Crippen LogP contribution in [-0.4, -0.2) is 23.6 Å². The van der Waals surface area contributed by atoms with Crippen molar-refractivity contribution in [2.45, 2.75) is 53.1 Å². The zero-order chi connectivity index (χ0) is 15.6. The standard InChI is InChI=1S/C17H28ClN3/c1-12-6-13(2)11-21(10-12)16-7-14(15(18)9-19-16)8-20-17(3,4)5/h7,9,12-13,20H,6,8,10-11H2,1-5H3. The maximum atomic E-state index is 6.30. The number of piperidine rings is 1. The van der Waals surface area contributed by atoms with E-state index in [4.69, 9.17) is 11.6 Å². The molecule has 1 aliphatic heterocycles. The fourth-order valence-electron chi connectivity index (χ4n) is 2.99. The van der Waals surface area contributed by atoms with Gasteiger partial charge in [0.05, 0.1) is 5.02 Å². The molecular formula is C17H28ClN3. The molecule has 21 heavy (non-hydrogen) atoms. The van der Waals surface area contributed by atoms with Gasteiger partial charge in [-0.05, 0) is 50.7 Å². The van der Waals surface area contributed by atoms with Crippen LogP contribution in [0.2, 0.25) is 5.02 Å². The minimum atomic E-state index is 0.0842. The van der Waals surface area contributed by atoms with Gasteiger partial charge in [0.25, 0.3) is 0 Å². The molecule has 1 saturated heterocycles. The van der Waals surface area contributed by atoms with Crippen LogP contribution in [0.15, 0.2) is 12.3 Å². The normalized spacial score (nSPS) is 23.4. The van der Waals surface area contributed by atoms with Gasteiger partial charge in [-0.15, -0.1) is 0 Å². The molecule has 4 heteroatoms. The number of halogens is 1. The summed E-state index contributed by atoms with van der Waals surface area (Å²) in [5.41, 5.74) is 1.21. The maximum Gasteiger partial charge on any atom is 0.128 e. The van der Waals surface area contributed by atoms with Crippen LogP contribution in [0.25, 0.3) is 0 Å². The van der Waals surface area contributed by atoms with Crippen molar-refractivity contribution in [3.63, 3.8) is 0 Å². The third-order valence-corrected chi connectivity index (χ3v) is 4.26. The summed E-state index contributed by atoms with van der Waals surface area (Å²) in [7, 11) is 0. The molecule has 1 aromatic rings. The van der Waals surface area contributed by atoms with Crippen LogP contribution in [0, 0.1) is 11.8 Å². The van der Waals surface area contributed by atoms with Crippen LogP contribution in [0.5, 0.6) is 0 Å². The molecule has 0 spiro atoms. The molecule has 1 aromatic heterocycles. The molecule has 2 unspecified atom stereocenters. The second kappa shape index (κ2) is 6.53. The summed E-state index contributed by atoms with van der Waals surface area (Å²) in [5.74, 6) is 2.51. The molecule has 2 rings (SSSR count). The summed E-state index contributed by atoms with van der Waals surface area (Å²) in [5, 5.41) is 4.24. The smallest absolute Gasteiger partial charge is 0.128 e. The predicted octanol–water partition coefficient (Wildman–Crippen LogP) is 4.11. The van der Waals surface area contributed by atoms with E-state index in [2.05, 4.69) is 55.9 Å². The Morgan fingerprint density at radius 3 is 2.48 bits per heavy atom. The molecule has 3 nitrogen and oxygen atoms in total. The van der Waals surface area contributed by atoms with Gasteiger partial charge < -0.3 is 10.2 Å². The van der Waals surface area contributed by atoms with E-state index in [-0.39, 0.29) is 5.54 Å². The zero-order valence-corrected chi connectivity index (χ0v) is 14.7. The highest BCUT2D eigenvalue weighted by Gasteiger charge is 2.23. The molecule has 0 aromatic carbocycles. The van der Waals surface area contributed by atoms with Gasteiger partial charge in [-0.3, -0.25) is 0 Å². The fourth-order valence-corrected chi connectivity index (χ4v) is 3.16. The molecule has 118 valence electrons. The molecule has 2 heterocycles. The van der Waals surface area contributed by atoms with Gasteiger partial charge in [-0.25, -0.2) is 4.98 Å². The summed E-state index contributed by atoms with van der Waals surface area (Å²) in [6.45, 7) is 14.1. The van der Waals surface area contributed by atoms with E-state index in [9.17, 15) is 0 Å². The first-order valence-electron chi connectivity index (χ1n) is 7.89. The van der Waals surface area contributed by atoms with Gasteiger partial charge >= 0.3 is 0 Å². The van der Waals surface area contributed by atoms with Crippen LogP contribution in [0.3, 0.4) is 0 Å². The highest BCUT2D eigenvalue weighted by molar-refractivity contribution is 6.31. The lowest BCUT2D eigenvalue weighted by Gasteiger charge is -2.36. The number of hydrogen-bond acceptors (Lipinski definition) is 3. The number of pyridine rings is 1. The first-order chi connectivity index (χ1) is 9.74. The van der Waals surface area contributed by atoms with Crippen molar-refractivity contribution >= 4 is 17.4 Å². The van der Waals surface area contributed by atoms with E-state index in [1.807, 2.05) is 0 Å². The molecule has 0 bridgehead atoms. The Bertz CT molecular complexity index is 471. The highest BCUT2D eigenvalue weighted by atomic mass is 35.5. The fraction of sp³-hybridized carbons (Fsp3) is 0.706. The van der Waals surface area contributed by atoms with Crippen LogP contribution in [0.1, 0.15) is 46.6 Å². The number of anilines is 1. The number of aromatic nitrogens is 1. The van der Waals surface area contributed by atoms with Crippen molar-refractivity contribution in [3.05, 3.63) is 22.8 Å². The average Bonchev–Trinajstić information content (AvgIpc) is 2.35. The van der Waals surface area contributed by atoms with E-state index >= 15 is 0 Å². The number of nitrogens with one attached hydrogen (secondary N) is 1. The van der Waals surface area contributed by atoms with E-state index in [0.717, 1.165) is 47.9 Å². The Morgan fingerprint density at radius 2 is 1.90 bits per heavy atom. The second-order valence-corrected chi connectivity index (χ2v) is 8.00. The number of hydrogen-bond donors (Lipinski definition) is 1. The molecule has 0 aliphatic carbocycles. The van der Waals surface area contributed by atoms with Crippen molar-refractivity contribution in [2.75, 3.05) is 18.0 Å². The lowest BCUT2D eigenvalue weighted by molar-refractivity contribution is 0.355. The van der Waals surface area contributed by atoms with Gasteiger partial charge in [0.15, 0.2) is 0 Å². The van der Waals surface area contributed by atoms with Crippen LogP contribution in [-0.2, 0) is 6.54 Å². The predicted molar refractivity (Wildman–Crippen MR) is 91.0 cm³/mol. The first-order valence-corrected chi connectivity index (χ1v) is 8.27. The number of rotatable bonds is 3. The average molecular weight is 310 g/mol. The minimum absolute atomic E-state index is 0.0842. The third kappa shape index (κ3) is 4.86. The minimum Gasteiger partial charge on any atom is -0.356 e. The Morgan fingerprint density at radius 1 is 1.29 bits per heavy atom. The quantitative estimate of drug-likeness (QED) is 0.911. The second-order valence-electron chi connectivity index (χ2n) is 7.59. The van der Waals surface area contributed by atoms with Crippen LogP contribution < -0.4 is 10.2 Å². The van der Waals surface area contributed by atoms with Gasteiger partial charge in [0.2, 0.25) is 0 Å². The third-order valence-electron chi connectivity index (χ3n) is 3.92. The summed E-state index contributed by atoms with van der Waals surface area (Å²) in [6.07, 6.45) is 3.10. The molecule has 1 aliphatic rings. The topological polar surface area (TPSA) is 28.2 Å². The molecule has 0 amide bonds. The van der Waals surface area contributed by atoms with Crippen molar-refractivity contribution in [2.24, 2.45) is 11.8 Å². The van der Waals surface area contributed by atoms with Gasteiger partial charge in [-0.1, -0.05) is 25.4 Å². The molecule has 1 fully saturated rings. The molecule has 0 saturated carbocycles. The zero-order valence-electron chi connectivity index (χ0n) is 13.9. The monoisotopic (exact) mass is 309 g/mol. The summed E-state index contributed by atoms with van der Waals surface area (Å²) < 4.78 is 0. The summed E-state index contributed by atoms with van der Waals surface area (Å²) >= 11 is 6.30. The lowest BCUT2D eigenvalue weighted by atomic mass is 9.92.